The lowest BCUT2D eigenvalue weighted by Crippen LogP contribution is -2.47. The zero-order valence-electron chi connectivity index (χ0n) is 16.4. The van der Waals surface area contributed by atoms with Gasteiger partial charge in [0.05, 0.1) is 6.10 Å². The summed E-state index contributed by atoms with van der Waals surface area (Å²) in [6.07, 6.45) is 2.70. The van der Waals surface area contributed by atoms with Gasteiger partial charge in [0.2, 0.25) is 5.91 Å². The van der Waals surface area contributed by atoms with Crippen molar-refractivity contribution in [2.24, 2.45) is 0 Å². The third-order valence-electron chi connectivity index (χ3n) is 5.76. The van der Waals surface area contributed by atoms with Crippen molar-refractivity contribution in [2.75, 3.05) is 49.1 Å². The van der Waals surface area contributed by atoms with E-state index < -0.39 is 6.10 Å². The summed E-state index contributed by atoms with van der Waals surface area (Å²) in [5.74, 6) is 1.19. The largest absolute Gasteiger partial charge is 0.387 e. The van der Waals surface area contributed by atoms with Crippen LogP contribution in [-0.2, 0) is 11.2 Å². The normalized spacial score (nSPS) is 18.2. The molecule has 4 rings (SSSR count). The molecule has 1 unspecified atom stereocenters. The molecule has 28 heavy (non-hydrogen) atoms. The van der Waals surface area contributed by atoms with Crippen LogP contribution in [0.4, 0.5) is 11.5 Å². The number of pyridine rings is 1. The number of aliphatic hydroxyl groups is 1. The number of hydrogen-bond donors (Lipinski definition) is 1. The topological polar surface area (TPSA) is 59.9 Å². The van der Waals surface area contributed by atoms with E-state index in [2.05, 4.69) is 20.9 Å². The number of aromatic nitrogens is 1. The lowest BCUT2D eigenvalue weighted by Gasteiger charge is -2.36. The third-order valence-corrected chi connectivity index (χ3v) is 5.76. The average Bonchev–Trinajstić information content (AvgIpc) is 3.17. The number of piperazine rings is 1. The van der Waals surface area contributed by atoms with Gasteiger partial charge in [0.15, 0.2) is 0 Å². The number of aliphatic hydroxyl groups excluding tert-OH is 1. The van der Waals surface area contributed by atoms with Crippen molar-refractivity contribution in [3.63, 3.8) is 0 Å². The molecule has 1 amide bonds. The molecular formula is C22H28N4O2. The number of carbonyl (C=O) groups excluding carboxylic acids is 1. The molecule has 1 atom stereocenters. The summed E-state index contributed by atoms with van der Waals surface area (Å²) in [6.45, 7) is 6.94. The van der Waals surface area contributed by atoms with E-state index >= 15 is 0 Å². The fourth-order valence-corrected chi connectivity index (χ4v) is 4.13. The molecule has 0 bridgehead atoms. The van der Waals surface area contributed by atoms with E-state index in [0.29, 0.717) is 13.0 Å². The molecule has 0 aliphatic carbocycles. The molecule has 2 aliphatic rings. The number of hydrogen-bond acceptors (Lipinski definition) is 5. The van der Waals surface area contributed by atoms with Gasteiger partial charge in [-0.15, -0.1) is 0 Å². The molecule has 0 saturated carbocycles. The number of fused-ring (bicyclic) bond motifs is 1. The van der Waals surface area contributed by atoms with E-state index in [1.165, 1.54) is 5.56 Å². The molecule has 6 nitrogen and oxygen atoms in total. The van der Waals surface area contributed by atoms with Crippen LogP contribution in [0.15, 0.2) is 42.6 Å². The van der Waals surface area contributed by atoms with Gasteiger partial charge in [-0.25, -0.2) is 4.98 Å². The van der Waals surface area contributed by atoms with Crippen LogP contribution in [0.2, 0.25) is 0 Å². The van der Waals surface area contributed by atoms with Crippen molar-refractivity contribution in [3.05, 3.63) is 53.7 Å². The van der Waals surface area contributed by atoms with Gasteiger partial charge in [-0.3, -0.25) is 9.69 Å². The number of carbonyl (C=O) groups is 1. The number of amides is 1. The molecule has 0 radical (unpaired) electrons. The van der Waals surface area contributed by atoms with Crippen LogP contribution in [0.5, 0.6) is 0 Å². The Morgan fingerprint density at radius 1 is 1.14 bits per heavy atom. The minimum atomic E-state index is -0.511. The van der Waals surface area contributed by atoms with Gasteiger partial charge in [0.25, 0.3) is 0 Å². The molecule has 148 valence electrons. The predicted octanol–water partition coefficient (Wildman–Crippen LogP) is 2.24. The van der Waals surface area contributed by atoms with Crippen molar-refractivity contribution < 1.29 is 9.90 Å². The van der Waals surface area contributed by atoms with E-state index in [4.69, 9.17) is 0 Å². The summed E-state index contributed by atoms with van der Waals surface area (Å²) < 4.78 is 0. The number of nitrogens with zero attached hydrogens (tertiary/aromatic N) is 4. The Labute approximate surface area is 166 Å². The second-order valence-electron chi connectivity index (χ2n) is 7.53. The maximum Gasteiger partial charge on any atom is 0.226 e. The maximum atomic E-state index is 12.0. The number of anilines is 2. The van der Waals surface area contributed by atoms with Crippen molar-refractivity contribution >= 4 is 17.4 Å². The zero-order chi connectivity index (χ0) is 19.5. The summed E-state index contributed by atoms with van der Waals surface area (Å²) in [4.78, 5) is 22.9. The van der Waals surface area contributed by atoms with Crippen LogP contribution in [0, 0.1) is 0 Å². The van der Waals surface area contributed by atoms with Crippen molar-refractivity contribution in [1.29, 1.82) is 0 Å². The number of benzene rings is 1. The highest BCUT2D eigenvalue weighted by Crippen LogP contribution is 2.31. The lowest BCUT2D eigenvalue weighted by molar-refractivity contribution is -0.118. The zero-order valence-corrected chi connectivity index (χ0v) is 16.4. The van der Waals surface area contributed by atoms with Crippen molar-refractivity contribution in [3.8, 4) is 0 Å². The highest BCUT2D eigenvalue weighted by molar-refractivity contribution is 5.95. The number of rotatable bonds is 5. The summed E-state index contributed by atoms with van der Waals surface area (Å²) in [7, 11) is 0. The quantitative estimate of drug-likeness (QED) is 0.862. The summed E-state index contributed by atoms with van der Waals surface area (Å²) in [6, 6.07) is 12.0. The van der Waals surface area contributed by atoms with Gasteiger partial charge in [0.1, 0.15) is 5.82 Å². The Balaban J connectivity index is 1.35. The van der Waals surface area contributed by atoms with Gasteiger partial charge in [-0.1, -0.05) is 25.1 Å². The molecule has 3 heterocycles. The van der Waals surface area contributed by atoms with Crippen LogP contribution >= 0.6 is 0 Å². The molecule has 2 aliphatic heterocycles. The second-order valence-corrected chi connectivity index (χ2v) is 7.53. The van der Waals surface area contributed by atoms with E-state index in [1.807, 2.05) is 48.4 Å². The number of β-amino-alcohol motifs (C(OH)–C–C–N with tert-alkyl or cyclic N) is 1. The first kappa shape index (κ1) is 18.9. The second kappa shape index (κ2) is 8.29. The molecule has 1 aromatic heterocycles. The Kier molecular flexibility index (Phi) is 5.59. The Hall–Kier alpha value is -2.44. The lowest BCUT2D eigenvalue weighted by atomic mass is 10.0. The molecule has 1 aromatic carbocycles. The van der Waals surface area contributed by atoms with Crippen LogP contribution in [0.1, 0.15) is 30.6 Å². The SMILES string of the molecule is CCC(=O)N1CCc2cc(C(O)CN3CCN(c4ccccn4)CC3)ccc21. The van der Waals surface area contributed by atoms with Gasteiger partial charge in [-0.05, 0) is 35.7 Å². The first-order chi connectivity index (χ1) is 13.7. The highest BCUT2D eigenvalue weighted by Gasteiger charge is 2.25. The van der Waals surface area contributed by atoms with Gasteiger partial charge >= 0.3 is 0 Å². The third kappa shape index (κ3) is 3.88. The molecule has 1 fully saturated rings. The minimum Gasteiger partial charge on any atom is -0.387 e. The maximum absolute atomic E-state index is 12.0. The Morgan fingerprint density at radius 3 is 2.68 bits per heavy atom. The molecule has 6 heteroatoms. The van der Waals surface area contributed by atoms with Crippen LogP contribution in [0.25, 0.3) is 0 Å². The standard InChI is InChI=1S/C22H28N4O2/c1-2-22(28)26-10-8-17-15-18(6-7-19(17)26)20(27)16-24-11-13-25(14-12-24)21-5-3-4-9-23-21/h3-7,9,15,20,27H,2,8,10-14,16H2,1H3. The monoisotopic (exact) mass is 380 g/mol. The summed E-state index contributed by atoms with van der Waals surface area (Å²) >= 11 is 0. The Morgan fingerprint density at radius 2 is 1.96 bits per heavy atom. The van der Waals surface area contributed by atoms with Gasteiger partial charge in [0, 0.05) is 57.6 Å². The van der Waals surface area contributed by atoms with Crippen molar-refractivity contribution in [2.45, 2.75) is 25.9 Å². The first-order valence-corrected chi connectivity index (χ1v) is 10.2. The van der Waals surface area contributed by atoms with E-state index in [1.54, 1.807) is 0 Å². The van der Waals surface area contributed by atoms with Crippen molar-refractivity contribution in [1.82, 2.24) is 9.88 Å². The Bertz CT molecular complexity index is 819. The molecule has 2 aromatic rings. The molecule has 1 saturated heterocycles. The van der Waals surface area contributed by atoms with Crippen LogP contribution in [-0.4, -0.2) is 60.2 Å². The minimum absolute atomic E-state index is 0.165. The van der Waals surface area contributed by atoms with E-state index in [0.717, 1.165) is 56.2 Å². The van der Waals surface area contributed by atoms with Crippen LogP contribution < -0.4 is 9.80 Å². The van der Waals surface area contributed by atoms with Crippen LogP contribution in [0.3, 0.4) is 0 Å². The molecule has 0 spiro atoms. The summed E-state index contributed by atoms with van der Waals surface area (Å²) in [5.41, 5.74) is 3.11. The fraction of sp³-hybridized carbons (Fsp3) is 0.455. The average molecular weight is 380 g/mol. The van der Waals surface area contributed by atoms with E-state index in [-0.39, 0.29) is 5.91 Å². The molecule has 1 N–H and O–H groups in total. The van der Waals surface area contributed by atoms with Gasteiger partial charge < -0.3 is 14.9 Å². The first-order valence-electron chi connectivity index (χ1n) is 10.2. The van der Waals surface area contributed by atoms with Gasteiger partial charge in [-0.2, -0.15) is 0 Å². The molecular weight excluding hydrogens is 352 g/mol. The fourth-order valence-electron chi connectivity index (χ4n) is 4.13. The summed E-state index contributed by atoms with van der Waals surface area (Å²) in [5, 5.41) is 10.8. The van der Waals surface area contributed by atoms with E-state index in [9.17, 15) is 9.90 Å². The smallest absolute Gasteiger partial charge is 0.226 e. The predicted molar refractivity (Wildman–Crippen MR) is 111 cm³/mol. The highest BCUT2D eigenvalue weighted by atomic mass is 16.3.